The van der Waals surface area contributed by atoms with Gasteiger partial charge in [-0.05, 0) is 31.4 Å². The van der Waals surface area contributed by atoms with Crippen LogP contribution in [0.5, 0.6) is 0 Å². The molecular weight excluding hydrogens is 373 g/mol. The lowest BCUT2D eigenvalue weighted by atomic mass is 9.92. The smallest absolute Gasteiger partial charge is 0.302 e. The van der Waals surface area contributed by atoms with Gasteiger partial charge in [0.2, 0.25) is 0 Å². The predicted molar refractivity (Wildman–Crippen MR) is 100 cm³/mol. The molecule has 0 bridgehead atoms. The lowest BCUT2D eigenvalue weighted by Crippen LogP contribution is -2.39. The molecule has 1 saturated heterocycles. The van der Waals surface area contributed by atoms with Crippen LogP contribution in [0.3, 0.4) is 0 Å². The van der Waals surface area contributed by atoms with Crippen molar-refractivity contribution >= 4 is 11.0 Å². The standard InChI is InChI=1S/C19H25F3N4O2/c1-11(2)9-26-7-5-6-12(10-26)14-8-13(19(20,21)22)15-16(23-14)24(3)18(28)25(4)17(15)27/h8,11-12H,5-7,9-10H2,1-4H3/t12-/m1/s1. The van der Waals surface area contributed by atoms with Crippen molar-refractivity contribution < 1.29 is 13.2 Å². The lowest BCUT2D eigenvalue weighted by Gasteiger charge is -2.33. The van der Waals surface area contributed by atoms with Crippen LogP contribution in [0.1, 0.15) is 43.9 Å². The third-order valence-electron chi connectivity index (χ3n) is 5.28. The number of nitrogens with zero attached hydrogens (tertiary/aromatic N) is 4. The monoisotopic (exact) mass is 398 g/mol. The molecule has 0 amide bonds. The molecule has 0 aliphatic carbocycles. The van der Waals surface area contributed by atoms with Crippen LogP contribution in [-0.4, -0.2) is 38.7 Å². The van der Waals surface area contributed by atoms with Crippen LogP contribution in [0, 0.1) is 5.92 Å². The average Bonchev–Trinajstić information content (AvgIpc) is 2.62. The molecule has 6 nitrogen and oxygen atoms in total. The maximum absolute atomic E-state index is 13.8. The van der Waals surface area contributed by atoms with E-state index in [-0.39, 0.29) is 17.3 Å². The number of aromatic nitrogens is 3. The maximum Gasteiger partial charge on any atom is 0.417 e. The summed E-state index contributed by atoms with van der Waals surface area (Å²) in [5.41, 5.74) is -2.62. The van der Waals surface area contributed by atoms with Crippen molar-refractivity contribution in [3.63, 3.8) is 0 Å². The first kappa shape index (κ1) is 20.6. The highest BCUT2D eigenvalue weighted by molar-refractivity contribution is 5.79. The van der Waals surface area contributed by atoms with Crippen LogP contribution in [-0.2, 0) is 20.3 Å². The molecule has 2 aromatic heterocycles. The molecule has 2 aromatic rings. The number of pyridine rings is 1. The number of alkyl halides is 3. The number of aryl methyl sites for hydroxylation is 1. The summed E-state index contributed by atoms with van der Waals surface area (Å²) < 4.78 is 43.1. The molecule has 1 atom stereocenters. The number of hydrogen-bond donors (Lipinski definition) is 0. The van der Waals surface area contributed by atoms with Gasteiger partial charge in [-0.3, -0.25) is 13.9 Å². The fraction of sp³-hybridized carbons (Fsp3) is 0.632. The van der Waals surface area contributed by atoms with Crippen molar-refractivity contribution in [1.29, 1.82) is 0 Å². The van der Waals surface area contributed by atoms with E-state index in [1.807, 2.05) is 0 Å². The largest absolute Gasteiger partial charge is 0.417 e. The van der Waals surface area contributed by atoms with Gasteiger partial charge in [-0.2, -0.15) is 13.2 Å². The van der Waals surface area contributed by atoms with E-state index < -0.39 is 28.4 Å². The SMILES string of the molecule is CC(C)CN1CCC[C@@H](c2cc(C(F)(F)F)c3c(=O)n(C)c(=O)n(C)c3n2)C1. The molecule has 9 heteroatoms. The van der Waals surface area contributed by atoms with Crippen molar-refractivity contribution in [3.05, 3.63) is 38.2 Å². The normalized spacial score (nSPS) is 18.9. The summed E-state index contributed by atoms with van der Waals surface area (Å²) in [6.45, 7) is 6.60. The third-order valence-corrected chi connectivity index (χ3v) is 5.28. The summed E-state index contributed by atoms with van der Waals surface area (Å²) in [5.74, 6) is 0.287. The zero-order valence-electron chi connectivity index (χ0n) is 16.5. The molecule has 3 heterocycles. The number of rotatable bonds is 3. The molecule has 1 aliphatic heterocycles. The Bertz CT molecular complexity index is 1010. The molecule has 0 unspecified atom stereocenters. The molecule has 0 aromatic carbocycles. The van der Waals surface area contributed by atoms with Crippen molar-refractivity contribution in [2.45, 2.75) is 38.8 Å². The van der Waals surface area contributed by atoms with Crippen LogP contribution in [0.15, 0.2) is 15.7 Å². The fourth-order valence-electron chi connectivity index (χ4n) is 3.99. The molecule has 0 saturated carbocycles. The first-order chi connectivity index (χ1) is 13.0. The first-order valence-electron chi connectivity index (χ1n) is 9.41. The molecular formula is C19H25F3N4O2. The van der Waals surface area contributed by atoms with Crippen LogP contribution >= 0.6 is 0 Å². The Morgan fingerprint density at radius 2 is 1.89 bits per heavy atom. The minimum atomic E-state index is -4.72. The van der Waals surface area contributed by atoms with Gasteiger partial charge in [-0.25, -0.2) is 9.78 Å². The lowest BCUT2D eigenvalue weighted by molar-refractivity contribution is -0.136. The Balaban J connectivity index is 2.20. The minimum absolute atomic E-state index is 0.169. The Morgan fingerprint density at radius 3 is 2.50 bits per heavy atom. The van der Waals surface area contributed by atoms with E-state index >= 15 is 0 Å². The molecule has 28 heavy (non-hydrogen) atoms. The van der Waals surface area contributed by atoms with Gasteiger partial charge in [-0.15, -0.1) is 0 Å². The average molecular weight is 398 g/mol. The van der Waals surface area contributed by atoms with Crippen molar-refractivity contribution in [1.82, 2.24) is 19.0 Å². The van der Waals surface area contributed by atoms with Gasteiger partial charge in [-0.1, -0.05) is 13.8 Å². The van der Waals surface area contributed by atoms with Gasteiger partial charge < -0.3 is 4.90 Å². The Morgan fingerprint density at radius 1 is 1.21 bits per heavy atom. The Labute approximate surface area is 160 Å². The fourth-order valence-corrected chi connectivity index (χ4v) is 3.99. The maximum atomic E-state index is 13.8. The van der Waals surface area contributed by atoms with E-state index in [2.05, 4.69) is 23.7 Å². The second-order valence-electron chi connectivity index (χ2n) is 7.99. The van der Waals surface area contributed by atoms with Crippen LogP contribution in [0.25, 0.3) is 11.0 Å². The molecule has 1 aliphatic rings. The molecule has 3 rings (SSSR count). The zero-order chi connectivity index (χ0) is 20.8. The van der Waals surface area contributed by atoms with E-state index in [4.69, 9.17) is 0 Å². The number of fused-ring (bicyclic) bond motifs is 1. The van der Waals surface area contributed by atoms with E-state index in [1.165, 1.54) is 14.1 Å². The van der Waals surface area contributed by atoms with Gasteiger partial charge in [0, 0.05) is 38.8 Å². The molecule has 0 N–H and O–H groups in total. The summed E-state index contributed by atoms with van der Waals surface area (Å²) in [6.07, 6.45) is -3.12. The Kier molecular flexibility index (Phi) is 5.40. The first-order valence-corrected chi connectivity index (χ1v) is 9.41. The number of piperidine rings is 1. The number of halogens is 3. The summed E-state index contributed by atoms with van der Waals surface area (Å²) >= 11 is 0. The summed E-state index contributed by atoms with van der Waals surface area (Å²) in [6, 6.07) is 0.998. The van der Waals surface area contributed by atoms with E-state index in [0.717, 1.165) is 36.6 Å². The third kappa shape index (κ3) is 3.72. The van der Waals surface area contributed by atoms with Gasteiger partial charge in [0.15, 0.2) is 0 Å². The van der Waals surface area contributed by atoms with Crippen LogP contribution in [0.2, 0.25) is 0 Å². The van der Waals surface area contributed by atoms with Crippen LogP contribution in [0.4, 0.5) is 13.2 Å². The van der Waals surface area contributed by atoms with E-state index in [0.29, 0.717) is 17.0 Å². The van der Waals surface area contributed by atoms with Crippen molar-refractivity contribution in [2.24, 2.45) is 20.0 Å². The molecule has 0 radical (unpaired) electrons. The summed E-state index contributed by atoms with van der Waals surface area (Å²) in [5, 5.41) is -0.560. The van der Waals surface area contributed by atoms with Gasteiger partial charge >= 0.3 is 11.9 Å². The van der Waals surface area contributed by atoms with Gasteiger partial charge in [0.05, 0.1) is 10.9 Å². The van der Waals surface area contributed by atoms with Crippen LogP contribution < -0.4 is 11.2 Å². The summed E-state index contributed by atoms with van der Waals surface area (Å²) in [7, 11) is 2.51. The van der Waals surface area contributed by atoms with E-state index in [1.54, 1.807) is 0 Å². The van der Waals surface area contributed by atoms with Gasteiger partial charge in [0.1, 0.15) is 5.65 Å². The second kappa shape index (κ2) is 7.35. The van der Waals surface area contributed by atoms with E-state index in [9.17, 15) is 22.8 Å². The highest BCUT2D eigenvalue weighted by atomic mass is 19.4. The molecule has 154 valence electrons. The number of likely N-dealkylation sites (tertiary alicyclic amines) is 1. The highest BCUT2D eigenvalue weighted by Gasteiger charge is 2.37. The quantitative estimate of drug-likeness (QED) is 0.797. The molecule has 1 fully saturated rings. The summed E-state index contributed by atoms with van der Waals surface area (Å²) in [4.78, 5) is 31.3. The Hall–Kier alpha value is -2.16. The predicted octanol–water partition coefficient (Wildman–Crippen LogP) is 2.49. The molecule has 0 spiro atoms. The topological polar surface area (TPSA) is 60.1 Å². The number of hydrogen-bond acceptors (Lipinski definition) is 4. The highest BCUT2D eigenvalue weighted by Crippen LogP contribution is 2.36. The van der Waals surface area contributed by atoms with Crippen molar-refractivity contribution in [2.75, 3.05) is 19.6 Å². The van der Waals surface area contributed by atoms with Crippen molar-refractivity contribution in [3.8, 4) is 0 Å². The second-order valence-corrected chi connectivity index (χ2v) is 7.99. The minimum Gasteiger partial charge on any atom is -0.302 e. The van der Waals surface area contributed by atoms with Gasteiger partial charge in [0.25, 0.3) is 5.56 Å². The zero-order valence-corrected chi connectivity index (χ0v) is 16.5.